The van der Waals surface area contributed by atoms with Crippen molar-refractivity contribution in [3.05, 3.63) is 42.0 Å². The van der Waals surface area contributed by atoms with Crippen LogP contribution in [0.3, 0.4) is 0 Å². The molecule has 1 aliphatic heterocycles. The average molecular weight is 363 g/mol. The zero-order chi connectivity index (χ0) is 18.0. The smallest absolute Gasteiger partial charge is 0.336 e. The fourth-order valence-corrected chi connectivity index (χ4v) is 4.62. The predicted octanol–water partition coefficient (Wildman–Crippen LogP) is 2.63. The minimum atomic E-state index is -3.73. The minimum Gasteiger partial charge on any atom is -0.478 e. The highest BCUT2D eigenvalue weighted by molar-refractivity contribution is 7.89. The molecular formula is C18H21NO5S. The first-order valence-corrected chi connectivity index (χ1v) is 9.73. The highest BCUT2D eigenvalue weighted by Crippen LogP contribution is 2.26. The first kappa shape index (κ1) is 17.8. The number of hydrogen-bond acceptors (Lipinski definition) is 4. The van der Waals surface area contributed by atoms with Crippen LogP contribution in [0.15, 0.2) is 41.3 Å². The van der Waals surface area contributed by atoms with E-state index in [1.807, 2.05) is 6.92 Å². The van der Waals surface area contributed by atoms with Crippen LogP contribution in [0.1, 0.15) is 30.1 Å². The Morgan fingerprint density at radius 2 is 1.96 bits per heavy atom. The second-order valence-electron chi connectivity index (χ2n) is 6.39. The van der Waals surface area contributed by atoms with E-state index in [1.165, 1.54) is 12.1 Å². The lowest BCUT2D eigenvalue weighted by Crippen LogP contribution is -2.34. The van der Waals surface area contributed by atoms with Crippen molar-refractivity contribution in [3.8, 4) is 0 Å². The van der Waals surface area contributed by atoms with E-state index in [2.05, 4.69) is 4.72 Å². The Kier molecular flexibility index (Phi) is 5.08. The van der Waals surface area contributed by atoms with Crippen LogP contribution in [0.4, 0.5) is 0 Å². The van der Waals surface area contributed by atoms with Gasteiger partial charge < -0.3 is 9.84 Å². The summed E-state index contributed by atoms with van der Waals surface area (Å²) in [5.74, 6) is -0.840. The predicted molar refractivity (Wildman–Crippen MR) is 94.2 cm³/mol. The maximum atomic E-state index is 12.8. The van der Waals surface area contributed by atoms with Gasteiger partial charge in [0.15, 0.2) is 0 Å². The molecule has 2 N–H and O–H groups in total. The number of nitrogens with one attached hydrogen (secondary N) is 1. The molecule has 1 fully saturated rings. The van der Waals surface area contributed by atoms with E-state index in [0.29, 0.717) is 23.9 Å². The lowest BCUT2D eigenvalue weighted by Gasteiger charge is -2.27. The summed E-state index contributed by atoms with van der Waals surface area (Å²) in [6.07, 6.45) is 1.78. The van der Waals surface area contributed by atoms with Gasteiger partial charge in [-0.1, -0.05) is 24.3 Å². The normalized spacial score (nSPS) is 21.3. The zero-order valence-electron chi connectivity index (χ0n) is 13.9. The van der Waals surface area contributed by atoms with E-state index in [9.17, 15) is 18.3 Å². The highest BCUT2D eigenvalue weighted by atomic mass is 32.2. The van der Waals surface area contributed by atoms with Gasteiger partial charge in [-0.05, 0) is 43.2 Å². The first-order chi connectivity index (χ1) is 11.9. The lowest BCUT2D eigenvalue weighted by molar-refractivity contribution is 0.00397. The summed E-state index contributed by atoms with van der Waals surface area (Å²) in [6, 6.07) is 9.36. The number of carboxylic acid groups (broad SMARTS) is 1. The van der Waals surface area contributed by atoms with Crippen molar-refractivity contribution in [3.63, 3.8) is 0 Å². The monoisotopic (exact) mass is 363 g/mol. The molecule has 0 aliphatic carbocycles. The summed E-state index contributed by atoms with van der Waals surface area (Å²) in [5, 5.41) is 10.1. The molecule has 0 bridgehead atoms. The second-order valence-corrected chi connectivity index (χ2v) is 8.12. The number of fused-ring (bicyclic) bond motifs is 1. The van der Waals surface area contributed by atoms with Crippen LogP contribution in [0.2, 0.25) is 0 Å². The Balaban J connectivity index is 1.89. The Morgan fingerprint density at radius 3 is 2.68 bits per heavy atom. The molecule has 6 nitrogen and oxygen atoms in total. The average Bonchev–Trinajstić information content (AvgIpc) is 2.59. The lowest BCUT2D eigenvalue weighted by atomic mass is 9.97. The van der Waals surface area contributed by atoms with Crippen molar-refractivity contribution in [2.24, 2.45) is 5.92 Å². The van der Waals surface area contributed by atoms with Crippen molar-refractivity contribution < 1.29 is 23.1 Å². The third kappa shape index (κ3) is 3.84. The molecule has 134 valence electrons. The van der Waals surface area contributed by atoms with Crippen molar-refractivity contribution in [2.45, 2.75) is 30.8 Å². The van der Waals surface area contributed by atoms with Crippen molar-refractivity contribution >= 4 is 26.8 Å². The molecular weight excluding hydrogens is 342 g/mol. The molecule has 25 heavy (non-hydrogen) atoms. The van der Waals surface area contributed by atoms with Crippen LogP contribution in [-0.4, -0.2) is 38.7 Å². The number of sulfonamides is 1. The molecule has 2 atom stereocenters. The Morgan fingerprint density at radius 1 is 1.24 bits per heavy atom. The van der Waals surface area contributed by atoms with Crippen LogP contribution >= 0.6 is 0 Å². The summed E-state index contributed by atoms with van der Waals surface area (Å²) < 4.78 is 33.7. The first-order valence-electron chi connectivity index (χ1n) is 8.25. The number of rotatable bonds is 5. The van der Waals surface area contributed by atoms with Crippen molar-refractivity contribution in [1.82, 2.24) is 4.72 Å². The van der Waals surface area contributed by atoms with Crippen LogP contribution in [0.25, 0.3) is 10.8 Å². The second kappa shape index (κ2) is 7.11. The quantitative estimate of drug-likeness (QED) is 0.852. The Bertz CT molecular complexity index is 893. The third-order valence-corrected chi connectivity index (χ3v) is 6.04. The van der Waals surface area contributed by atoms with Gasteiger partial charge in [0.2, 0.25) is 10.0 Å². The largest absolute Gasteiger partial charge is 0.478 e. The minimum absolute atomic E-state index is 0.0906. The third-order valence-electron chi connectivity index (χ3n) is 4.56. The molecule has 2 aromatic rings. The molecule has 2 aromatic carbocycles. The van der Waals surface area contributed by atoms with Crippen LogP contribution in [0.5, 0.6) is 0 Å². The van der Waals surface area contributed by atoms with E-state index in [1.54, 1.807) is 24.3 Å². The van der Waals surface area contributed by atoms with Crippen LogP contribution in [0, 0.1) is 5.92 Å². The van der Waals surface area contributed by atoms with E-state index >= 15 is 0 Å². The summed E-state index contributed by atoms with van der Waals surface area (Å²) in [5.41, 5.74) is 0.0906. The number of benzene rings is 2. The zero-order valence-corrected chi connectivity index (χ0v) is 14.8. The number of aromatic carboxylic acids is 1. The fourth-order valence-electron chi connectivity index (χ4n) is 3.28. The van der Waals surface area contributed by atoms with Gasteiger partial charge >= 0.3 is 5.97 Å². The number of hydrogen-bond donors (Lipinski definition) is 2. The van der Waals surface area contributed by atoms with Gasteiger partial charge in [0.05, 0.1) is 16.6 Å². The SMILES string of the molecule is CC1CC(CNS(=O)(=O)c2cccc3c(C(=O)O)cccc23)CCO1. The summed E-state index contributed by atoms with van der Waals surface area (Å²) >= 11 is 0. The van der Waals surface area contributed by atoms with Gasteiger partial charge in [-0.3, -0.25) is 0 Å². The summed E-state index contributed by atoms with van der Waals surface area (Å²) in [6.45, 7) is 2.98. The number of ether oxygens (including phenoxy) is 1. The van der Waals surface area contributed by atoms with E-state index < -0.39 is 16.0 Å². The molecule has 1 aliphatic rings. The number of carbonyl (C=O) groups is 1. The summed E-state index contributed by atoms with van der Waals surface area (Å²) in [4.78, 5) is 11.5. The Labute approximate surface area is 146 Å². The van der Waals surface area contributed by atoms with Gasteiger partial charge in [0, 0.05) is 18.5 Å². The molecule has 1 saturated heterocycles. The van der Waals surface area contributed by atoms with Gasteiger partial charge in [0.25, 0.3) is 0 Å². The van der Waals surface area contributed by atoms with Gasteiger partial charge in [-0.25, -0.2) is 17.9 Å². The molecule has 0 radical (unpaired) electrons. The molecule has 2 unspecified atom stereocenters. The Hall–Kier alpha value is -1.96. The van der Waals surface area contributed by atoms with E-state index in [0.717, 1.165) is 12.8 Å². The molecule has 0 amide bonds. The summed E-state index contributed by atoms with van der Waals surface area (Å²) in [7, 11) is -3.73. The fraction of sp³-hybridized carbons (Fsp3) is 0.389. The maximum absolute atomic E-state index is 12.8. The van der Waals surface area contributed by atoms with Crippen LogP contribution < -0.4 is 4.72 Å². The molecule has 3 rings (SSSR count). The van der Waals surface area contributed by atoms with Crippen LogP contribution in [-0.2, 0) is 14.8 Å². The van der Waals surface area contributed by atoms with Crippen molar-refractivity contribution in [1.29, 1.82) is 0 Å². The van der Waals surface area contributed by atoms with E-state index in [4.69, 9.17) is 4.74 Å². The van der Waals surface area contributed by atoms with Gasteiger partial charge in [-0.15, -0.1) is 0 Å². The number of carboxylic acids is 1. The molecule has 7 heteroatoms. The van der Waals surface area contributed by atoms with Crippen molar-refractivity contribution in [2.75, 3.05) is 13.2 Å². The topological polar surface area (TPSA) is 92.7 Å². The maximum Gasteiger partial charge on any atom is 0.336 e. The molecule has 0 saturated carbocycles. The van der Waals surface area contributed by atoms with E-state index in [-0.39, 0.29) is 22.5 Å². The highest BCUT2D eigenvalue weighted by Gasteiger charge is 2.23. The van der Waals surface area contributed by atoms with Gasteiger partial charge in [0.1, 0.15) is 0 Å². The standard InChI is InChI=1S/C18H21NO5S/c1-12-10-13(8-9-24-12)11-19-25(22,23)17-7-3-4-14-15(17)5-2-6-16(14)18(20)21/h2-7,12-13,19H,8-11H2,1H3,(H,20,21). The molecule has 1 heterocycles. The molecule has 0 spiro atoms. The molecule has 0 aromatic heterocycles. The van der Waals surface area contributed by atoms with Gasteiger partial charge in [-0.2, -0.15) is 0 Å².